The van der Waals surface area contributed by atoms with E-state index < -0.39 is 23.9 Å². The summed E-state index contributed by atoms with van der Waals surface area (Å²) in [6.45, 7) is 14.6. The maximum atomic E-state index is 12.9. The summed E-state index contributed by atoms with van der Waals surface area (Å²) in [5.41, 5.74) is -0.0695. The van der Waals surface area contributed by atoms with Gasteiger partial charge in [-0.2, -0.15) is 0 Å². The molecule has 2 aliphatic rings. The van der Waals surface area contributed by atoms with Crippen molar-refractivity contribution in [2.24, 2.45) is 0 Å². The van der Waals surface area contributed by atoms with E-state index in [1.165, 1.54) is 0 Å². The molecule has 3 rings (SSSR count). The van der Waals surface area contributed by atoms with Crippen LogP contribution in [0.5, 0.6) is 0 Å². The number of carbonyl (C=O) groups is 2. The fourth-order valence-corrected chi connectivity index (χ4v) is 3.66. The molecule has 31 heavy (non-hydrogen) atoms. The Morgan fingerprint density at radius 2 is 1.81 bits per heavy atom. The normalized spacial score (nSPS) is 22.9. The molecule has 0 aliphatic carbocycles. The summed E-state index contributed by atoms with van der Waals surface area (Å²) in [5.74, 6) is -0.172. The largest absolute Gasteiger partial charge is 0.494 e. The zero-order chi connectivity index (χ0) is 23.0. The zero-order valence-electron chi connectivity index (χ0n) is 19.8. The highest BCUT2D eigenvalue weighted by molar-refractivity contribution is 6.62. The molecule has 0 saturated carbocycles. The van der Waals surface area contributed by atoms with Crippen LogP contribution in [-0.4, -0.2) is 60.0 Å². The molecule has 1 aromatic rings. The second-order valence-electron chi connectivity index (χ2n) is 10.5. The monoisotopic (exact) mass is 430 g/mol. The molecule has 2 amide bonds. The average molecular weight is 430 g/mol. The summed E-state index contributed by atoms with van der Waals surface area (Å²) in [5, 5.41) is 3.06. The van der Waals surface area contributed by atoms with Gasteiger partial charge in [0.1, 0.15) is 5.60 Å². The molecule has 8 heteroatoms. The number of ether oxygens (including phenoxy) is 1. The summed E-state index contributed by atoms with van der Waals surface area (Å²) in [4.78, 5) is 27.0. The minimum Gasteiger partial charge on any atom is -0.444 e. The SMILES string of the molecule is CC(C)(C)OC(=O)N1CCC[C@H](NC(=O)c2cccc(B3OC(C)(C)C(C)(C)O3)c2)C1. The highest BCUT2D eigenvalue weighted by Crippen LogP contribution is 2.36. The van der Waals surface area contributed by atoms with Crippen molar-refractivity contribution >= 4 is 24.6 Å². The molecule has 1 atom stereocenters. The predicted molar refractivity (Wildman–Crippen MR) is 120 cm³/mol. The quantitative estimate of drug-likeness (QED) is 0.746. The number of amides is 2. The molecular weight excluding hydrogens is 395 g/mol. The molecule has 0 spiro atoms. The second-order valence-corrected chi connectivity index (χ2v) is 10.5. The van der Waals surface area contributed by atoms with Crippen LogP contribution in [0.25, 0.3) is 0 Å². The van der Waals surface area contributed by atoms with Gasteiger partial charge in [0, 0.05) is 24.7 Å². The van der Waals surface area contributed by atoms with Crippen LogP contribution >= 0.6 is 0 Å². The van der Waals surface area contributed by atoms with Crippen molar-refractivity contribution in [3.05, 3.63) is 29.8 Å². The number of carbonyl (C=O) groups excluding carboxylic acids is 2. The molecule has 2 fully saturated rings. The van der Waals surface area contributed by atoms with Gasteiger partial charge in [0.15, 0.2) is 0 Å². The molecule has 7 nitrogen and oxygen atoms in total. The molecule has 1 aromatic carbocycles. The lowest BCUT2D eigenvalue weighted by molar-refractivity contribution is 0.00578. The first kappa shape index (κ1) is 23.6. The number of hydrogen-bond acceptors (Lipinski definition) is 5. The lowest BCUT2D eigenvalue weighted by atomic mass is 9.78. The van der Waals surface area contributed by atoms with Crippen molar-refractivity contribution in [1.82, 2.24) is 10.2 Å². The third kappa shape index (κ3) is 5.60. The fourth-order valence-electron chi connectivity index (χ4n) is 3.66. The number of hydrogen-bond donors (Lipinski definition) is 1. The smallest absolute Gasteiger partial charge is 0.444 e. The molecule has 2 aliphatic heterocycles. The lowest BCUT2D eigenvalue weighted by Crippen LogP contribution is -2.50. The molecule has 0 unspecified atom stereocenters. The van der Waals surface area contributed by atoms with Crippen molar-refractivity contribution in [3.8, 4) is 0 Å². The summed E-state index contributed by atoms with van der Waals surface area (Å²) in [6, 6.07) is 7.21. The number of benzene rings is 1. The Labute approximate surface area is 185 Å². The summed E-state index contributed by atoms with van der Waals surface area (Å²) in [7, 11) is -0.518. The summed E-state index contributed by atoms with van der Waals surface area (Å²) < 4.78 is 17.7. The fraction of sp³-hybridized carbons (Fsp3) is 0.652. The van der Waals surface area contributed by atoms with Crippen LogP contribution in [0.4, 0.5) is 4.79 Å². The van der Waals surface area contributed by atoms with Gasteiger partial charge in [0.2, 0.25) is 0 Å². The van der Waals surface area contributed by atoms with Gasteiger partial charge in [0.25, 0.3) is 5.91 Å². The van der Waals surface area contributed by atoms with E-state index in [1.807, 2.05) is 66.7 Å². The third-order valence-corrected chi connectivity index (χ3v) is 6.08. The Kier molecular flexibility index (Phi) is 6.45. The van der Waals surface area contributed by atoms with Gasteiger partial charge in [-0.25, -0.2) is 4.79 Å². The van der Waals surface area contributed by atoms with Gasteiger partial charge < -0.3 is 24.3 Å². The van der Waals surface area contributed by atoms with E-state index in [0.717, 1.165) is 18.3 Å². The zero-order valence-corrected chi connectivity index (χ0v) is 19.8. The lowest BCUT2D eigenvalue weighted by Gasteiger charge is -2.34. The molecule has 2 saturated heterocycles. The highest BCUT2D eigenvalue weighted by atomic mass is 16.7. The van der Waals surface area contributed by atoms with Crippen LogP contribution in [0.3, 0.4) is 0 Å². The van der Waals surface area contributed by atoms with E-state index in [0.29, 0.717) is 18.7 Å². The Bertz CT molecular complexity index is 818. The van der Waals surface area contributed by atoms with Crippen LogP contribution in [-0.2, 0) is 14.0 Å². The van der Waals surface area contributed by atoms with Crippen molar-refractivity contribution in [1.29, 1.82) is 0 Å². The number of nitrogens with zero attached hydrogens (tertiary/aromatic N) is 1. The highest BCUT2D eigenvalue weighted by Gasteiger charge is 2.51. The molecule has 0 bridgehead atoms. The summed E-state index contributed by atoms with van der Waals surface area (Å²) in [6.07, 6.45) is 1.30. The number of nitrogens with one attached hydrogen (secondary N) is 1. The topological polar surface area (TPSA) is 77.1 Å². The van der Waals surface area contributed by atoms with Crippen molar-refractivity contribution < 1.29 is 23.6 Å². The Balaban J connectivity index is 1.64. The second kappa shape index (κ2) is 8.47. The first-order chi connectivity index (χ1) is 14.3. The van der Waals surface area contributed by atoms with Gasteiger partial charge in [-0.1, -0.05) is 12.1 Å². The van der Waals surface area contributed by atoms with Crippen molar-refractivity contribution in [2.75, 3.05) is 13.1 Å². The molecule has 1 N–H and O–H groups in total. The van der Waals surface area contributed by atoms with E-state index in [4.69, 9.17) is 14.0 Å². The van der Waals surface area contributed by atoms with Crippen LogP contribution in [0, 0.1) is 0 Å². The minimum atomic E-state index is -0.540. The standard InChI is InChI=1S/C23H35BN2O5/c1-21(2,3)29-20(28)26-13-9-12-18(15-26)25-19(27)16-10-8-11-17(14-16)24-30-22(4,5)23(6,7)31-24/h8,10-11,14,18H,9,12-13,15H2,1-7H3,(H,25,27)/t18-/m0/s1. The predicted octanol–water partition coefficient (Wildman–Crippen LogP) is 3.12. The molecule has 170 valence electrons. The molecule has 0 radical (unpaired) electrons. The van der Waals surface area contributed by atoms with E-state index >= 15 is 0 Å². The Morgan fingerprint density at radius 3 is 2.42 bits per heavy atom. The number of rotatable bonds is 3. The maximum Gasteiger partial charge on any atom is 0.494 e. The van der Waals surface area contributed by atoms with Crippen molar-refractivity contribution in [3.63, 3.8) is 0 Å². The van der Waals surface area contributed by atoms with Gasteiger partial charge in [-0.3, -0.25) is 4.79 Å². The minimum absolute atomic E-state index is 0.116. The maximum absolute atomic E-state index is 12.9. The third-order valence-electron chi connectivity index (χ3n) is 6.08. The van der Waals surface area contributed by atoms with Crippen molar-refractivity contribution in [2.45, 2.75) is 84.2 Å². The van der Waals surface area contributed by atoms with Gasteiger partial charge in [0.05, 0.1) is 11.2 Å². The summed E-state index contributed by atoms with van der Waals surface area (Å²) >= 11 is 0. The van der Waals surface area contributed by atoms with Crippen LogP contribution in [0.1, 0.15) is 71.7 Å². The Morgan fingerprint density at radius 1 is 1.16 bits per heavy atom. The number of likely N-dealkylation sites (tertiary alicyclic amines) is 1. The van der Waals surface area contributed by atoms with Gasteiger partial charge >= 0.3 is 13.2 Å². The Hall–Kier alpha value is -2.06. The van der Waals surface area contributed by atoms with Gasteiger partial charge in [-0.15, -0.1) is 0 Å². The molecule has 0 aromatic heterocycles. The van der Waals surface area contributed by atoms with E-state index in [9.17, 15) is 9.59 Å². The van der Waals surface area contributed by atoms with Gasteiger partial charge in [-0.05, 0) is 78.9 Å². The van der Waals surface area contributed by atoms with E-state index in [2.05, 4.69) is 5.32 Å². The average Bonchev–Trinajstić information content (AvgIpc) is 2.88. The first-order valence-electron chi connectivity index (χ1n) is 11.0. The number of piperidine rings is 1. The van der Waals surface area contributed by atoms with Crippen LogP contribution in [0.2, 0.25) is 0 Å². The molecule has 2 heterocycles. The van der Waals surface area contributed by atoms with E-state index in [-0.39, 0.29) is 18.0 Å². The van der Waals surface area contributed by atoms with E-state index in [1.54, 1.807) is 11.0 Å². The van der Waals surface area contributed by atoms with Crippen LogP contribution in [0.15, 0.2) is 24.3 Å². The first-order valence-corrected chi connectivity index (χ1v) is 11.0. The van der Waals surface area contributed by atoms with Crippen LogP contribution < -0.4 is 10.8 Å². The molecular formula is C23H35BN2O5.